The number of carbonyl (C=O) groups excluding carboxylic acids is 1. The van der Waals surface area contributed by atoms with Crippen molar-refractivity contribution in [2.24, 2.45) is 5.41 Å². The quantitative estimate of drug-likeness (QED) is 0.785. The van der Waals surface area contributed by atoms with Crippen molar-refractivity contribution in [3.63, 3.8) is 0 Å². The maximum Gasteiger partial charge on any atom is 0.311 e. The lowest BCUT2D eigenvalue weighted by Gasteiger charge is -2.26. The van der Waals surface area contributed by atoms with Crippen molar-refractivity contribution >= 4 is 27.8 Å². The number of amides is 1. The molecule has 0 radical (unpaired) electrons. The van der Waals surface area contributed by atoms with Gasteiger partial charge in [0.1, 0.15) is 5.82 Å². The molecule has 6 heteroatoms. The summed E-state index contributed by atoms with van der Waals surface area (Å²) in [5, 5.41) is 11.9. The second-order valence-corrected chi connectivity index (χ2v) is 5.85. The summed E-state index contributed by atoms with van der Waals surface area (Å²) in [6, 6.07) is 4.47. The Morgan fingerprint density at radius 1 is 1.33 bits per heavy atom. The molecule has 1 rings (SSSR count). The monoisotopic (exact) mass is 359 g/mol. The van der Waals surface area contributed by atoms with Crippen LogP contribution in [0.15, 0.2) is 22.7 Å². The Balaban J connectivity index is 2.65. The molecule has 0 saturated heterocycles. The first-order valence-electron chi connectivity index (χ1n) is 6.78. The molecule has 2 N–H and O–H groups in total. The van der Waals surface area contributed by atoms with Crippen LogP contribution in [0.5, 0.6) is 0 Å². The number of hydrogen-bond acceptors (Lipinski definition) is 2. The summed E-state index contributed by atoms with van der Waals surface area (Å²) in [4.78, 5) is 23.2. The van der Waals surface area contributed by atoms with E-state index >= 15 is 0 Å². The van der Waals surface area contributed by atoms with Crippen molar-refractivity contribution in [3.8, 4) is 0 Å². The van der Waals surface area contributed by atoms with Gasteiger partial charge in [0, 0.05) is 6.54 Å². The first kappa shape index (κ1) is 17.6. The normalized spacial score (nSPS) is 11.2. The molecule has 0 aromatic heterocycles. The van der Waals surface area contributed by atoms with Crippen molar-refractivity contribution in [1.82, 2.24) is 5.32 Å². The van der Waals surface area contributed by atoms with Gasteiger partial charge in [-0.3, -0.25) is 9.59 Å². The van der Waals surface area contributed by atoms with E-state index in [9.17, 15) is 19.1 Å². The summed E-state index contributed by atoms with van der Waals surface area (Å²) in [7, 11) is 0. The molecule has 4 nitrogen and oxygen atoms in total. The fourth-order valence-electron chi connectivity index (χ4n) is 2.04. The fraction of sp³-hybridized carbons (Fsp3) is 0.467. The summed E-state index contributed by atoms with van der Waals surface area (Å²) in [5.74, 6) is -1.66. The van der Waals surface area contributed by atoms with Gasteiger partial charge in [0.15, 0.2) is 0 Å². The fourth-order valence-corrected chi connectivity index (χ4v) is 2.29. The third-order valence-corrected chi connectivity index (χ3v) is 4.42. The predicted octanol–water partition coefficient (Wildman–Crippen LogP) is 3.14. The number of nitrogens with one attached hydrogen (secondary N) is 1. The number of aliphatic carboxylic acids is 1. The second kappa shape index (κ2) is 7.54. The highest BCUT2D eigenvalue weighted by Gasteiger charge is 2.35. The molecular formula is C15H19BrFNO3. The van der Waals surface area contributed by atoms with Crippen LogP contribution >= 0.6 is 15.9 Å². The van der Waals surface area contributed by atoms with Gasteiger partial charge >= 0.3 is 5.97 Å². The Bertz CT molecular complexity index is 530. The molecule has 0 aliphatic carbocycles. The van der Waals surface area contributed by atoms with Gasteiger partial charge < -0.3 is 10.4 Å². The number of hydrogen-bond donors (Lipinski definition) is 2. The van der Waals surface area contributed by atoms with Crippen molar-refractivity contribution in [1.29, 1.82) is 0 Å². The summed E-state index contributed by atoms with van der Waals surface area (Å²) >= 11 is 3.05. The van der Waals surface area contributed by atoms with E-state index in [-0.39, 0.29) is 18.9 Å². The molecule has 1 aromatic rings. The SMILES string of the molecule is CCC(CC)(CNC(=O)Cc1ccc(Br)c(F)c1)C(=O)O. The molecular weight excluding hydrogens is 341 g/mol. The van der Waals surface area contributed by atoms with E-state index in [1.165, 1.54) is 12.1 Å². The van der Waals surface area contributed by atoms with Crippen LogP contribution in [-0.4, -0.2) is 23.5 Å². The summed E-state index contributed by atoms with van der Waals surface area (Å²) in [6.07, 6.45) is 0.894. The number of carbonyl (C=O) groups is 2. The van der Waals surface area contributed by atoms with Gasteiger partial charge in [-0.1, -0.05) is 19.9 Å². The number of rotatable bonds is 7. The lowest BCUT2D eigenvalue weighted by atomic mass is 9.82. The molecule has 0 spiro atoms. The predicted molar refractivity (Wildman–Crippen MR) is 81.5 cm³/mol. The largest absolute Gasteiger partial charge is 0.481 e. The van der Waals surface area contributed by atoms with Crippen molar-refractivity contribution in [2.45, 2.75) is 33.1 Å². The van der Waals surface area contributed by atoms with Gasteiger partial charge in [0.2, 0.25) is 5.91 Å². The highest BCUT2D eigenvalue weighted by molar-refractivity contribution is 9.10. The van der Waals surface area contributed by atoms with Gasteiger partial charge in [-0.15, -0.1) is 0 Å². The van der Waals surface area contributed by atoms with Crippen LogP contribution in [0, 0.1) is 11.2 Å². The molecule has 116 valence electrons. The molecule has 0 atom stereocenters. The molecule has 0 aliphatic heterocycles. The molecule has 0 aliphatic rings. The van der Waals surface area contributed by atoms with E-state index in [4.69, 9.17) is 0 Å². The van der Waals surface area contributed by atoms with E-state index in [1.807, 2.05) is 0 Å². The second-order valence-electron chi connectivity index (χ2n) is 4.99. The third-order valence-electron chi connectivity index (χ3n) is 3.78. The Labute approximate surface area is 131 Å². The van der Waals surface area contributed by atoms with Crippen molar-refractivity contribution < 1.29 is 19.1 Å². The van der Waals surface area contributed by atoms with Gasteiger partial charge in [-0.25, -0.2) is 4.39 Å². The Kier molecular flexibility index (Phi) is 6.33. The standard InChI is InChI=1S/C15H19BrFNO3/c1-3-15(4-2,14(20)21)9-18-13(19)8-10-5-6-11(16)12(17)7-10/h5-7H,3-4,8-9H2,1-2H3,(H,18,19)(H,20,21). The average molecular weight is 360 g/mol. The zero-order valence-electron chi connectivity index (χ0n) is 12.1. The van der Waals surface area contributed by atoms with Crippen molar-refractivity contribution in [3.05, 3.63) is 34.1 Å². The molecule has 1 aromatic carbocycles. The lowest BCUT2D eigenvalue weighted by Crippen LogP contribution is -2.42. The molecule has 1 amide bonds. The Morgan fingerprint density at radius 2 is 1.95 bits per heavy atom. The van der Waals surface area contributed by atoms with Crippen LogP contribution in [0.2, 0.25) is 0 Å². The van der Waals surface area contributed by atoms with Crippen LogP contribution in [0.4, 0.5) is 4.39 Å². The van der Waals surface area contributed by atoms with Crippen LogP contribution in [0.1, 0.15) is 32.3 Å². The minimum atomic E-state index is -0.944. The van der Waals surface area contributed by atoms with Gasteiger partial charge in [0.05, 0.1) is 16.3 Å². The van der Waals surface area contributed by atoms with E-state index in [1.54, 1.807) is 19.9 Å². The Morgan fingerprint density at radius 3 is 2.43 bits per heavy atom. The molecule has 0 unspecified atom stereocenters. The highest BCUT2D eigenvalue weighted by atomic mass is 79.9. The Hall–Kier alpha value is -1.43. The molecule has 0 bridgehead atoms. The zero-order chi connectivity index (χ0) is 16.0. The van der Waals surface area contributed by atoms with Crippen molar-refractivity contribution in [2.75, 3.05) is 6.54 Å². The highest BCUT2D eigenvalue weighted by Crippen LogP contribution is 2.25. The zero-order valence-corrected chi connectivity index (χ0v) is 13.7. The van der Waals surface area contributed by atoms with Gasteiger partial charge in [-0.2, -0.15) is 0 Å². The first-order valence-corrected chi connectivity index (χ1v) is 7.58. The van der Waals surface area contributed by atoms with Crippen LogP contribution in [-0.2, 0) is 16.0 Å². The van der Waals surface area contributed by atoms with Crippen LogP contribution in [0.3, 0.4) is 0 Å². The summed E-state index contributed by atoms with van der Waals surface area (Å²) in [6.45, 7) is 3.65. The summed E-state index contributed by atoms with van der Waals surface area (Å²) < 4.78 is 13.7. The number of benzene rings is 1. The molecule has 21 heavy (non-hydrogen) atoms. The molecule has 0 heterocycles. The molecule has 0 saturated carbocycles. The lowest BCUT2D eigenvalue weighted by molar-refractivity contribution is -0.149. The number of carboxylic acid groups (broad SMARTS) is 1. The third kappa shape index (κ3) is 4.52. The molecule has 0 fully saturated rings. The minimum Gasteiger partial charge on any atom is -0.481 e. The average Bonchev–Trinajstić information content (AvgIpc) is 2.44. The van der Waals surface area contributed by atoms with E-state index in [0.717, 1.165) is 0 Å². The van der Waals surface area contributed by atoms with E-state index in [2.05, 4.69) is 21.2 Å². The van der Waals surface area contributed by atoms with Crippen LogP contribution in [0.25, 0.3) is 0 Å². The maximum absolute atomic E-state index is 13.4. The minimum absolute atomic E-state index is 0.0212. The summed E-state index contributed by atoms with van der Waals surface area (Å²) in [5.41, 5.74) is -0.400. The maximum atomic E-state index is 13.4. The van der Waals surface area contributed by atoms with Gasteiger partial charge in [0.25, 0.3) is 0 Å². The smallest absolute Gasteiger partial charge is 0.311 e. The van der Waals surface area contributed by atoms with Crippen LogP contribution < -0.4 is 5.32 Å². The van der Waals surface area contributed by atoms with Gasteiger partial charge in [-0.05, 0) is 46.5 Å². The van der Waals surface area contributed by atoms with E-state index < -0.39 is 17.2 Å². The van der Waals surface area contributed by atoms with E-state index in [0.29, 0.717) is 22.9 Å². The number of carboxylic acids is 1. The first-order chi connectivity index (χ1) is 9.84. The topological polar surface area (TPSA) is 66.4 Å². The number of halogens is 2.